The van der Waals surface area contributed by atoms with Crippen LogP contribution in [0.1, 0.15) is 25.5 Å². The second-order valence-electron chi connectivity index (χ2n) is 3.98. The summed E-state index contributed by atoms with van der Waals surface area (Å²) in [6, 6.07) is 7.86. The number of hydrogen-bond acceptors (Lipinski definition) is 2. The summed E-state index contributed by atoms with van der Waals surface area (Å²) in [4.78, 5) is 0. The minimum Gasteiger partial charge on any atom is -0.323 e. The molecule has 0 aliphatic carbocycles. The standard InChI is InChI=1S/C12H15FN2/c1-8(2)11(7-14)12(15)9-4-3-5-10(13)6-9/h3-6,8,11-12H,15H2,1-2H3. The summed E-state index contributed by atoms with van der Waals surface area (Å²) in [5.74, 6) is -0.441. The summed E-state index contributed by atoms with van der Waals surface area (Å²) in [7, 11) is 0. The molecule has 0 amide bonds. The first kappa shape index (κ1) is 11.7. The van der Waals surface area contributed by atoms with Crippen molar-refractivity contribution in [2.24, 2.45) is 17.6 Å². The lowest BCUT2D eigenvalue weighted by Crippen LogP contribution is -2.24. The van der Waals surface area contributed by atoms with Gasteiger partial charge in [0.25, 0.3) is 0 Å². The van der Waals surface area contributed by atoms with Crippen molar-refractivity contribution < 1.29 is 4.39 Å². The number of nitrogens with two attached hydrogens (primary N) is 1. The summed E-state index contributed by atoms with van der Waals surface area (Å²) in [5, 5.41) is 8.97. The first-order valence-electron chi connectivity index (χ1n) is 4.97. The Morgan fingerprint density at radius 1 is 1.40 bits per heavy atom. The smallest absolute Gasteiger partial charge is 0.123 e. The molecule has 2 nitrogen and oxygen atoms in total. The average molecular weight is 206 g/mol. The van der Waals surface area contributed by atoms with Gasteiger partial charge in [0, 0.05) is 6.04 Å². The average Bonchev–Trinajstić information content (AvgIpc) is 2.18. The summed E-state index contributed by atoms with van der Waals surface area (Å²) in [6.07, 6.45) is 0. The van der Waals surface area contributed by atoms with Crippen LogP contribution in [0.5, 0.6) is 0 Å². The van der Waals surface area contributed by atoms with Crippen molar-refractivity contribution >= 4 is 0 Å². The van der Waals surface area contributed by atoms with Crippen molar-refractivity contribution in [3.8, 4) is 6.07 Å². The monoisotopic (exact) mass is 206 g/mol. The first-order chi connectivity index (χ1) is 7.06. The third-order valence-electron chi connectivity index (χ3n) is 2.49. The molecule has 0 aliphatic heterocycles. The summed E-state index contributed by atoms with van der Waals surface area (Å²) >= 11 is 0. The maximum atomic E-state index is 13.0. The summed E-state index contributed by atoms with van der Waals surface area (Å²) in [6.45, 7) is 3.88. The molecule has 2 atom stereocenters. The molecule has 0 radical (unpaired) electrons. The Bertz CT molecular complexity index is 368. The quantitative estimate of drug-likeness (QED) is 0.826. The lowest BCUT2D eigenvalue weighted by molar-refractivity contribution is 0.402. The van der Waals surface area contributed by atoms with Crippen molar-refractivity contribution in [2.75, 3.05) is 0 Å². The maximum Gasteiger partial charge on any atom is 0.123 e. The van der Waals surface area contributed by atoms with E-state index >= 15 is 0 Å². The minimum atomic E-state index is -0.425. The molecule has 0 aliphatic rings. The fourth-order valence-electron chi connectivity index (χ4n) is 1.57. The molecule has 0 bridgehead atoms. The molecule has 2 unspecified atom stereocenters. The lowest BCUT2D eigenvalue weighted by Gasteiger charge is -2.21. The molecule has 0 saturated carbocycles. The van der Waals surface area contributed by atoms with Crippen LogP contribution in [0.2, 0.25) is 0 Å². The van der Waals surface area contributed by atoms with E-state index < -0.39 is 6.04 Å². The number of hydrogen-bond donors (Lipinski definition) is 1. The SMILES string of the molecule is CC(C)C(C#N)C(N)c1cccc(F)c1. The van der Waals surface area contributed by atoms with Gasteiger partial charge in [-0.15, -0.1) is 0 Å². The highest BCUT2D eigenvalue weighted by molar-refractivity contribution is 5.22. The van der Waals surface area contributed by atoms with E-state index in [-0.39, 0.29) is 17.7 Å². The van der Waals surface area contributed by atoms with E-state index in [4.69, 9.17) is 11.0 Å². The van der Waals surface area contributed by atoms with Crippen molar-refractivity contribution in [3.63, 3.8) is 0 Å². The largest absolute Gasteiger partial charge is 0.323 e. The number of nitriles is 1. The molecular formula is C12H15FN2. The number of benzene rings is 1. The van der Waals surface area contributed by atoms with Crippen LogP contribution in [0.3, 0.4) is 0 Å². The van der Waals surface area contributed by atoms with E-state index in [1.165, 1.54) is 12.1 Å². The van der Waals surface area contributed by atoms with Crippen LogP contribution < -0.4 is 5.73 Å². The predicted octanol–water partition coefficient (Wildman–Crippen LogP) is 2.62. The summed E-state index contributed by atoms with van der Waals surface area (Å²) < 4.78 is 13.0. The highest BCUT2D eigenvalue weighted by atomic mass is 19.1. The van der Waals surface area contributed by atoms with Crippen LogP contribution in [0.15, 0.2) is 24.3 Å². The number of rotatable bonds is 3. The van der Waals surface area contributed by atoms with E-state index in [0.717, 1.165) is 0 Å². The minimum absolute atomic E-state index is 0.160. The van der Waals surface area contributed by atoms with E-state index in [1.54, 1.807) is 12.1 Å². The zero-order valence-electron chi connectivity index (χ0n) is 8.94. The van der Waals surface area contributed by atoms with Gasteiger partial charge in [-0.3, -0.25) is 0 Å². The molecule has 1 rings (SSSR count). The van der Waals surface area contributed by atoms with Gasteiger partial charge >= 0.3 is 0 Å². The van der Waals surface area contributed by atoms with E-state index in [0.29, 0.717) is 5.56 Å². The summed E-state index contributed by atoms with van der Waals surface area (Å²) in [5.41, 5.74) is 6.61. The Kier molecular flexibility index (Phi) is 3.81. The molecule has 0 spiro atoms. The molecule has 80 valence electrons. The topological polar surface area (TPSA) is 49.8 Å². The molecule has 0 aromatic heterocycles. The van der Waals surface area contributed by atoms with Gasteiger partial charge in [-0.1, -0.05) is 26.0 Å². The molecule has 0 fully saturated rings. The van der Waals surface area contributed by atoms with Crippen LogP contribution in [0, 0.1) is 29.0 Å². The van der Waals surface area contributed by atoms with Gasteiger partial charge in [0.15, 0.2) is 0 Å². The molecule has 0 heterocycles. The van der Waals surface area contributed by atoms with Gasteiger partial charge < -0.3 is 5.73 Å². The molecule has 3 heteroatoms. The zero-order valence-corrected chi connectivity index (χ0v) is 8.94. The number of nitrogens with zero attached hydrogens (tertiary/aromatic N) is 1. The van der Waals surface area contributed by atoms with Crippen molar-refractivity contribution in [1.82, 2.24) is 0 Å². The molecular weight excluding hydrogens is 191 g/mol. The van der Waals surface area contributed by atoms with Gasteiger partial charge in [0.05, 0.1) is 12.0 Å². The van der Waals surface area contributed by atoms with Crippen molar-refractivity contribution in [2.45, 2.75) is 19.9 Å². The second kappa shape index (κ2) is 4.90. The normalized spacial score (nSPS) is 14.7. The van der Waals surface area contributed by atoms with Crippen molar-refractivity contribution in [1.29, 1.82) is 5.26 Å². The molecule has 15 heavy (non-hydrogen) atoms. The fourth-order valence-corrected chi connectivity index (χ4v) is 1.57. The predicted molar refractivity (Wildman–Crippen MR) is 57.3 cm³/mol. The van der Waals surface area contributed by atoms with Gasteiger partial charge in [0.1, 0.15) is 5.82 Å². The van der Waals surface area contributed by atoms with Gasteiger partial charge in [-0.25, -0.2) is 4.39 Å². The molecule has 2 N–H and O–H groups in total. The van der Waals surface area contributed by atoms with Crippen LogP contribution in [0.4, 0.5) is 4.39 Å². The molecule has 1 aromatic carbocycles. The maximum absolute atomic E-state index is 13.0. The van der Waals surface area contributed by atoms with E-state index in [2.05, 4.69) is 6.07 Å². The second-order valence-corrected chi connectivity index (χ2v) is 3.98. The van der Waals surface area contributed by atoms with Crippen LogP contribution in [-0.4, -0.2) is 0 Å². The first-order valence-corrected chi connectivity index (χ1v) is 4.97. The van der Waals surface area contributed by atoms with E-state index in [1.807, 2.05) is 13.8 Å². The fraction of sp³-hybridized carbons (Fsp3) is 0.417. The Hall–Kier alpha value is -1.40. The Morgan fingerprint density at radius 3 is 2.53 bits per heavy atom. The van der Waals surface area contributed by atoms with Crippen LogP contribution in [-0.2, 0) is 0 Å². The van der Waals surface area contributed by atoms with E-state index in [9.17, 15) is 4.39 Å². The van der Waals surface area contributed by atoms with Gasteiger partial charge in [0.2, 0.25) is 0 Å². The molecule has 1 aromatic rings. The Morgan fingerprint density at radius 2 is 2.07 bits per heavy atom. The van der Waals surface area contributed by atoms with Crippen LogP contribution in [0.25, 0.3) is 0 Å². The van der Waals surface area contributed by atoms with Crippen LogP contribution >= 0.6 is 0 Å². The zero-order chi connectivity index (χ0) is 11.4. The van der Waals surface area contributed by atoms with Gasteiger partial charge in [-0.05, 0) is 23.6 Å². The lowest BCUT2D eigenvalue weighted by atomic mass is 9.86. The number of halogens is 1. The third-order valence-corrected chi connectivity index (χ3v) is 2.49. The molecule has 0 saturated heterocycles. The Balaban J connectivity index is 2.93. The third kappa shape index (κ3) is 2.77. The van der Waals surface area contributed by atoms with Crippen molar-refractivity contribution in [3.05, 3.63) is 35.6 Å². The van der Waals surface area contributed by atoms with Gasteiger partial charge in [-0.2, -0.15) is 5.26 Å². The Labute approximate surface area is 89.5 Å². The highest BCUT2D eigenvalue weighted by Crippen LogP contribution is 2.25. The highest BCUT2D eigenvalue weighted by Gasteiger charge is 2.22.